The smallest absolute Gasteiger partial charge is 0.329 e. The third kappa shape index (κ3) is 3.70. The lowest BCUT2D eigenvalue weighted by molar-refractivity contribution is -0.135. The third-order valence-corrected chi connectivity index (χ3v) is 3.20. The van der Waals surface area contributed by atoms with Crippen molar-refractivity contribution in [3.05, 3.63) is 22.1 Å². The number of fused-ring (bicyclic) bond motifs is 1. The second kappa shape index (κ2) is 5.50. The van der Waals surface area contributed by atoms with Gasteiger partial charge in [0.25, 0.3) is 0 Å². The van der Waals surface area contributed by atoms with E-state index in [-0.39, 0.29) is 6.42 Å². The summed E-state index contributed by atoms with van der Waals surface area (Å²) in [5.74, 6) is 0. The molecule has 0 fully saturated rings. The van der Waals surface area contributed by atoms with Gasteiger partial charge in [-0.3, -0.25) is 0 Å². The monoisotopic (exact) mass is 309 g/mol. The first-order chi connectivity index (χ1) is 8.87. The van der Waals surface area contributed by atoms with E-state index in [2.05, 4.69) is 9.97 Å². The molecule has 2 aromatic heterocycles. The minimum Gasteiger partial charge on any atom is -0.329 e. The molecule has 0 bridgehead atoms. The molecular weight excluding hydrogens is 299 g/mol. The van der Waals surface area contributed by atoms with E-state index >= 15 is 0 Å². The predicted octanol–water partition coefficient (Wildman–Crippen LogP) is 4.48. The number of nitrogens with one attached hydrogen (secondary N) is 1. The molecule has 0 unspecified atom stereocenters. The van der Waals surface area contributed by atoms with Crippen molar-refractivity contribution in [3.63, 3.8) is 0 Å². The number of pyridine rings is 1. The Morgan fingerprint density at radius 2 is 2.11 bits per heavy atom. The molecule has 0 radical (unpaired) electrons. The van der Waals surface area contributed by atoms with E-state index in [1.807, 2.05) is 0 Å². The standard InChI is InChI=1S/C11H11ClF3N3S/c12-7-5-8-9(16-6-7)18(10(19)17-8)4-2-1-3-11(13,14)15/h5-6H,1-4H2,(H,17,19). The van der Waals surface area contributed by atoms with Crippen LogP contribution in [0.4, 0.5) is 13.2 Å². The van der Waals surface area contributed by atoms with Crippen molar-refractivity contribution in [2.45, 2.75) is 32.0 Å². The lowest BCUT2D eigenvalue weighted by Gasteiger charge is -2.06. The van der Waals surface area contributed by atoms with Gasteiger partial charge in [0.05, 0.1) is 10.5 Å². The Kier molecular flexibility index (Phi) is 4.15. The number of hydrogen-bond acceptors (Lipinski definition) is 2. The zero-order chi connectivity index (χ0) is 14.0. The van der Waals surface area contributed by atoms with Crippen molar-refractivity contribution in [1.82, 2.24) is 14.5 Å². The van der Waals surface area contributed by atoms with Crippen LogP contribution in [0.2, 0.25) is 5.02 Å². The SMILES string of the molecule is FC(F)(F)CCCCn1c(=S)[nH]c2cc(Cl)cnc21. The van der Waals surface area contributed by atoms with E-state index < -0.39 is 12.6 Å². The van der Waals surface area contributed by atoms with Gasteiger partial charge < -0.3 is 9.55 Å². The molecule has 2 rings (SSSR count). The summed E-state index contributed by atoms with van der Waals surface area (Å²) >= 11 is 10.9. The van der Waals surface area contributed by atoms with Crippen molar-refractivity contribution >= 4 is 35.0 Å². The number of imidazole rings is 1. The summed E-state index contributed by atoms with van der Waals surface area (Å²) in [5.41, 5.74) is 1.30. The van der Waals surface area contributed by atoms with Gasteiger partial charge in [-0.15, -0.1) is 0 Å². The maximum Gasteiger partial charge on any atom is 0.389 e. The Morgan fingerprint density at radius 3 is 2.79 bits per heavy atom. The fourth-order valence-electron chi connectivity index (χ4n) is 1.82. The van der Waals surface area contributed by atoms with E-state index in [0.29, 0.717) is 33.9 Å². The zero-order valence-electron chi connectivity index (χ0n) is 9.80. The molecule has 1 N–H and O–H groups in total. The summed E-state index contributed by atoms with van der Waals surface area (Å²) in [5, 5.41) is 0.480. The third-order valence-electron chi connectivity index (χ3n) is 2.67. The molecule has 0 spiro atoms. The Hall–Kier alpha value is -1.08. The number of rotatable bonds is 4. The number of alkyl halides is 3. The van der Waals surface area contributed by atoms with Crippen LogP contribution in [0.3, 0.4) is 0 Å². The first kappa shape index (κ1) is 14.3. The Labute approximate surface area is 117 Å². The average molecular weight is 310 g/mol. The summed E-state index contributed by atoms with van der Waals surface area (Å²) in [6.07, 6.45) is -2.93. The van der Waals surface area contributed by atoms with Gasteiger partial charge in [0, 0.05) is 19.2 Å². The molecule has 2 heterocycles. The number of aromatic amines is 1. The molecule has 0 aliphatic carbocycles. The molecule has 0 saturated carbocycles. The number of H-pyrrole nitrogens is 1. The summed E-state index contributed by atoms with van der Waals surface area (Å²) in [4.78, 5) is 7.07. The van der Waals surface area contributed by atoms with Gasteiger partial charge in [0.1, 0.15) is 0 Å². The van der Waals surface area contributed by atoms with Gasteiger partial charge in [-0.2, -0.15) is 13.2 Å². The summed E-state index contributed by atoms with van der Waals surface area (Å²) in [6, 6.07) is 1.69. The van der Waals surface area contributed by atoms with Gasteiger partial charge in [-0.1, -0.05) is 11.6 Å². The maximum absolute atomic E-state index is 12.0. The fourth-order valence-corrected chi connectivity index (χ4v) is 2.27. The van der Waals surface area contributed by atoms with E-state index in [9.17, 15) is 13.2 Å². The number of aryl methyl sites for hydroxylation is 1. The fraction of sp³-hybridized carbons (Fsp3) is 0.455. The molecule has 8 heteroatoms. The molecule has 0 aromatic carbocycles. The quantitative estimate of drug-likeness (QED) is 0.667. The maximum atomic E-state index is 12.0. The van der Waals surface area contributed by atoms with Crippen molar-refractivity contribution in [2.24, 2.45) is 0 Å². The molecule has 2 aromatic rings. The Bertz CT molecular complexity index is 632. The van der Waals surface area contributed by atoms with E-state index in [1.54, 1.807) is 10.6 Å². The lowest BCUT2D eigenvalue weighted by atomic mass is 10.2. The minimum atomic E-state index is -4.10. The lowest BCUT2D eigenvalue weighted by Crippen LogP contribution is -2.07. The molecule has 0 amide bonds. The second-order valence-electron chi connectivity index (χ2n) is 4.18. The number of aromatic nitrogens is 3. The predicted molar refractivity (Wildman–Crippen MR) is 69.8 cm³/mol. The summed E-state index contributed by atoms with van der Waals surface area (Å²) in [6.45, 7) is 0.406. The van der Waals surface area contributed by atoms with Crippen LogP contribution in [0.15, 0.2) is 12.3 Å². The Balaban J connectivity index is 2.09. The van der Waals surface area contributed by atoms with Crippen molar-refractivity contribution in [2.75, 3.05) is 0 Å². The van der Waals surface area contributed by atoms with Crippen molar-refractivity contribution in [3.8, 4) is 0 Å². The van der Waals surface area contributed by atoms with Gasteiger partial charge in [0.15, 0.2) is 10.4 Å². The first-order valence-electron chi connectivity index (χ1n) is 5.67. The van der Waals surface area contributed by atoms with Crippen LogP contribution >= 0.6 is 23.8 Å². The molecule has 19 heavy (non-hydrogen) atoms. The molecule has 0 aliphatic heterocycles. The Morgan fingerprint density at radius 1 is 1.37 bits per heavy atom. The minimum absolute atomic E-state index is 0.0749. The summed E-state index contributed by atoms with van der Waals surface area (Å²) in [7, 11) is 0. The zero-order valence-corrected chi connectivity index (χ0v) is 11.4. The summed E-state index contributed by atoms with van der Waals surface area (Å²) < 4.78 is 38.2. The number of hydrogen-bond donors (Lipinski definition) is 1. The molecular formula is C11H11ClF3N3S. The van der Waals surface area contributed by atoms with Crippen LogP contribution in [0, 0.1) is 4.77 Å². The molecule has 0 atom stereocenters. The number of nitrogens with zero attached hydrogens (tertiary/aromatic N) is 2. The highest BCUT2D eigenvalue weighted by atomic mass is 35.5. The number of unbranched alkanes of at least 4 members (excludes halogenated alkanes) is 1. The molecule has 104 valence electrons. The van der Waals surface area contributed by atoms with Crippen LogP contribution in [0.1, 0.15) is 19.3 Å². The van der Waals surface area contributed by atoms with Crippen molar-refractivity contribution in [1.29, 1.82) is 0 Å². The topological polar surface area (TPSA) is 33.6 Å². The van der Waals surface area contributed by atoms with Crippen LogP contribution in [0.25, 0.3) is 11.2 Å². The highest BCUT2D eigenvalue weighted by molar-refractivity contribution is 7.71. The van der Waals surface area contributed by atoms with E-state index in [4.69, 9.17) is 23.8 Å². The normalized spacial score (nSPS) is 12.2. The van der Waals surface area contributed by atoms with Crippen LogP contribution in [-0.4, -0.2) is 20.7 Å². The average Bonchev–Trinajstić information content (AvgIpc) is 2.58. The highest BCUT2D eigenvalue weighted by Gasteiger charge is 2.25. The van der Waals surface area contributed by atoms with E-state index in [1.165, 1.54) is 6.20 Å². The van der Waals surface area contributed by atoms with Crippen LogP contribution < -0.4 is 0 Å². The largest absolute Gasteiger partial charge is 0.389 e. The number of halogens is 4. The van der Waals surface area contributed by atoms with Gasteiger partial charge in [-0.05, 0) is 31.1 Å². The van der Waals surface area contributed by atoms with E-state index in [0.717, 1.165) is 0 Å². The van der Waals surface area contributed by atoms with Gasteiger partial charge >= 0.3 is 6.18 Å². The van der Waals surface area contributed by atoms with Gasteiger partial charge in [-0.25, -0.2) is 4.98 Å². The van der Waals surface area contributed by atoms with Crippen LogP contribution in [-0.2, 0) is 6.54 Å². The molecule has 0 aliphatic rings. The second-order valence-corrected chi connectivity index (χ2v) is 5.00. The molecule has 3 nitrogen and oxygen atoms in total. The van der Waals surface area contributed by atoms with Crippen LogP contribution in [0.5, 0.6) is 0 Å². The molecule has 0 saturated heterocycles. The highest BCUT2D eigenvalue weighted by Crippen LogP contribution is 2.23. The first-order valence-corrected chi connectivity index (χ1v) is 6.46. The van der Waals surface area contributed by atoms with Gasteiger partial charge in [0.2, 0.25) is 0 Å². The van der Waals surface area contributed by atoms with Crippen molar-refractivity contribution < 1.29 is 13.2 Å².